The lowest BCUT2D eigenvalue weighted by molar-refractivity contribution is 0.0694. The van der Waals surface area contributed by atoms with E-state index in [-0.39, 0.29) is 17.0 Å². The summed E-state index contributed by atoms with van der Waals surface area (Å²) < 4.78 is 16.9. The van der Waals surface area contributed by atoms with Gasteiger partial charge < -0.3 is 19.5 Å². The van der Waals surface area contributed by atoms with Crippen LogP contribution >= 0.6 is 0 Å². The molecule has 1 aromatic heterocycles. The predicted octanol–water partition coefficient (Wildman–Crippen LogP) is 2.10. The zero-order chi connectivity index (χ0) is 18.7. The Hall–Kier alpha value is -2.41. The first-order valence-electron chi connectivity index (χ1n) is 8.88. The molecule has 0 bridgehead atoms. The Labute approximate surface area is 150 Å². The molecule has 7 heteroatoms. The number of nitrogens with zero attached hydrogens (tertiary/aromatic N) is 3. The molecule has 2 aliphatic heterocycles. The van der Waals surface area contributed by atoms with Crippen LogP contribution < -0.4 is 10.3 Å². The van der Waals surface area contributed by atoms with Gasteiger partial charge in [-0.05, 0) is 33.4 Å². The lowest BCUT2D eigenvalue weighted by Crippen LogP contribution is -2.50. The van der Waals surface area contributed by atoms with Crippen molar-refractivity contribution in [2.45, 2.75) is 32.4 Å². The number of carboxylic acids is 1. The summed E-state index contributed by atoms with van der Waals surface area (Å²) in [5, 5.41) is 9.47. The molecule has 26 heavy (non-hydrogen) atoms. The largest absolute Gasteiger partial charge is 0.477 e. The van der Waals surface area contributed by atoms with Gasteiger partial charge in [0.25, 0.3) is 0 Å². The van der Waals surface area contributed by atoms with Gasteiger partial charge in [0.2, 0.25) is 5.43 Å². The lowest BCUT2D eigenvalue weighted by Gasteiger charge is -2.39. The summed E-state index contributed by atoms with van der Waals surface area (Å²) in [5.41, 5.74) is 1.14. The van der Waals surface area contributed by atoms with E-state index in [0.717, 1.165) is 25.2 Å². The zero-order valence-corrected chi connectivity index (χ0v) is 15.1. The molecule has 1 saturated heterocycles. The van der Waals surface area contributed by atoms with E-state index in [1.165, 1.54) is 12.3 Å². The topological polar surface area (TPSA) is 65.8 Å². The summed E-state index contributed by atoms with van der Waals surface area (Å²) in [7, 11) is 2.06. The van der Waals surface area contributed by atoms with Crippen LogP contribution in [-0.2, 0) is 6.42 Å². The van der Waals surface area contributed by atoms with E-state index in [2.05, 4.69) is 23.8 Å². The van der Waals surface area contributed by atoms with Crippen LogP contribution in [0.1, 0.15) is 35.8 Å². The summed E-state index contributed by atoms with van der Waals surface area (Å²) in [6.45, 7) is 6.37. The molecule has 2 aromatic rings. The molecule has 0 saturated carbocycles. The van der Waals surface area contributed by atoms with Gasteiger partial charge >= 0.3 is 5.97 Å². The number of rotatable bonds is 2. The second kappa shape index (κ2) is 5.81. The SMILES string of the molecule is C[C@H]1CN(c2c(F)cc3c(=O)c(C(=O)O)cn4c3c2C[C@@H]4C)CCN1C. The van der Waals surface area contributed by atoms with Crippen molar-refractivity contribution in [1.82, 2.24) is 9.47 Å². The quantitative estimate of drug-likeness (QED) is 0.890. The molecule has 0 spiro atoms. The standard InChI is InChI=1S/C19H22FN3O3/c1-10-6-12-16-13(18(24)14(19(25)26)9-23(10)16)7-15(20)17(12)22-5-4-21(3)11(2)8-22/h7,9-11H,4-6,8H2,1-3H3,(H,25,26)/t10-,11-/m0/s1. The third kappa shape index (κ3) is 2.34. The number of carbonyl (C=O) groups is 1. The van der Waals surface area contributed by atoms with Gasteiger partial charge in [-0.1, -0.05) is 0 Å². The van der Waals surface area contributed by atoms with Crippen molar-refractivity contribution in [2.75, 3.05) is 31.6 Å². The van der Waals surface area contributed by atoms with Crippen molar-refractivity contribution in [1.29, 1.82) is 0 Å². The average Bonchev–Trinajstić information content (AvgIpc) is 2.90. The summed E-state index contributed by atoms with van der Waals surface area (Å²) in [6, 6.07) is 1.51. The van der Waals surface area contributed by atoms with E-state index >= 15 is 4.39 Å². The van der Waals surface area contributed by atoms with Crippen LogP contribution in [-0.4, -0.2) is 53.3 Å². The molecular weight excluding hydrogens is 337 g/mol. The highest BCUT2D eigenvalue weighted by atomic mass is 19.1. The molecule has 0 radical (unpaired) electrons. The fourth-order valence-corrected chi connectivity index (χ4v) is 4.24. The molecule has 138 valence electrons. The second-order valence-corrected chi connectivity index (χ2v) is 7.49. The zero-order valence-electron chi connectivity index (χ0n) is 15.1. The van der Waals surface area contributed by atoms with Crippen LogP contribution in [0.3, 0.4) is 0 Å². The minimum Gasteiger partial charge on any atom is -0.477 e. The van der Waals surface area contributed by atoms with E-state index in [9.17, 15) is 14.7 Å². The summed E-state index contributed by atoms with van der Waals surface area (Å²) in [4.78, 5) is 28.3. The first kappa shape index (κ1) is 17.0. The molecule has 2 aliphatic rings. The second-order valence-electron chi connectivity index (χ2n) is 7.49. The molecule has 6 nitrogen and oxygen atoms in total. The minimum atomic E-state index is -1.28. The van der Waals surface area contributed by atoms with Crippen LogP contribution in [0.5, 0.6) is 0 Å². The van der Waals surface area contributed by atoms with E-state index in [0.29, 0.717) is 23.7 Å². The van der Waals surface area contributed by atoms with E-state index in [4.69, 9.17) is 0 Å². The van der Waals surface area contributed by atoms with Gasteiger partial charge in [-0.15, -0.1) is 0 Å². The van der Waals surface area contributed by atoms with Crippen molar-refractivity contribution < 1.29 is 14.3 Å². The van der Waals surface area contributed by atoms with Gasteiger partial charge in [0.15, 0.2) is 0 Å². The monoisotopic (exact) mass is 359 g/mol. The van der Waals surface area contributed by atoms with Gasteiger partial charge in [0, 0.05) is 48.9 Å². The number of aromatic carboxylic acids is 1. The lowest BCUT2D eigenvalue weighted by atomic mass is 10.0. The molecule has 0 aliphatic carbocycles. The Morgan fingerprint density at radius 1 is 1.27 bits per heavy atom. The Morgan fingerprint density at radius 2 is 2.00 bits per heavy atom. The number of likely N-dealkylation sites (N-methyl/N-ethyl adjacent to an activating group) is 1. The molecule has 1 aromatic carbocycles. The predicted molar refractivity (Wildman–Crippen MR) is 97.8 cm³/mol. The fraction of sp³-hybridized carbons (Fsp3) is 0.474. The van der Waals surface area contributed by atoms with Crippen LogP contribution in [0.25, 0.3) is 10.9 Å². The number of pyridine rings is 1. The highest BCUT2D eigenvalue weighted by Gasteiger charge is 2.32. The number of halogens is 1. The van der Waals surface area contributed by atoms with E-state index in [1.807, 2.05) is 11.5 Å². The molecule has 0 amide bonds. The first-order valence-corrected chi connectivity index (χ1v) is 8.88. The van der Waals surface area contributed by atoms with E-state index in [1.54, 1.807) is 0 Å². The maximum atomic E-state index is 15.1. The number of aromatic nitrogens is 1. The van der Waals surface area contributed by atoms with E-state index < -0.39 is 17.2 Å². The van der Waals surface area contributed by atoms with Crippen LogP contribution in [0.15, 0.2) is 17.1 Å². The smallest absolute Gasteiger partial charge is 0.341 e. The molecule has 3 heterocycles. The normalized spacial score (nSPS) is 23.0. The number of piperazine rings is 1. The maximum Gasteiger partial charge on any atom is 0.341 e. The van der Waals surface area contributed by atoms with Crippen LogP contribution in [0.4, 0.5) is 10.1 Å². The maximum absolute atomic E-state index is 15.1. The Balaban J connectivity index is 1.96. The number of hydrogen-bond donors (Lipinski definition) is 1. The fourth-order valence-electron chi connectivity index (χ4n) is 4.24. The highest BCUT2D eigenvalue weighted by molar-refractivity contribution is 5.96. The Bertz CT molecular complexity index is 984. The van der Waals surface area contributed by atoms with Gasteiger partial charge in [-0.2, -0.15) is 0 Å². The molecule has 1 fully saturated rings. The summed E-state index contributed by atoms with van der Waals surface area (Å²) in [5.74, 6) is -1.72. The van der Waals surface area contributed by atoms with Crippen molar-refractivity contribution in [3.63, 3.8) is 0 Å². The third-order valence-corrected chi connectivity index (χ3v) is 5.82. The van der Waals surface area contributed by atoms with Crippen molar-refractivity contribution in [3.05, 3.63) is 39.4 Å². The Morgan fingerprint density at radius 3 is 2.65 bits per heavy atom. The van der Waals surface area contributed by atoms with Crippen LogP contribution in [0, 0.1) is 5.82 Å². The Kier molecular flexibility index (Phi) is 3.80. The first-order chi connectivity index (χ1) is 12.3. The highest BCUT2D eigenvalue weighted by Crippen LogP contribution is 2.40. The van der Waals surface area contributed by atoms with Gasteiger partial charge in [-0.3, -0.25) is 4.79 Å². The molecule has 0 unspecified atom stereocenters. The number of benzene rings is 1. The summed E-state index contributed by atoms with van der Waals surface area (Å²) >= 11 is 0. The molecule has 2 atom stereocenters. The number of hydrogen-bond acceptors (Lipinski definition) is 4. The molecule has 4 rings (SSSR count). The van der Waals surface area contributed by atoms with Crippen molar-refractivity contribution in [2.24, 2.45) is 0 Å². The summed E-state index contributed by atoms with van der Waals surface area (Å²) in [6.07, 6.45) is 2.00. The van der Waals surface area contributed by atoms with Gasteiger partial charge in [-0.25, -0.2) is 9.18 Å². The molecular formula is C19H22FN3O3. The third-order valence-electron chi connectivity index (χ3n) is 5.82. The van der Waals surface area contributed by atoms with Crippen LogP contribution in [0.2, 0.25) is 0 Å². The van der Waals surface area contributed by atoms with Gasteiger partial charge in [0.1, 0.15) is 11.4 Å². The average molecular weight is 359 g/mol. The molecule has 1 N–H and O–H groups in total. The van der Waals surface area contributed by atoms with Gasteiger partial charge in [0.05, 0.1) is 11.2 Å². The number of carboxylic acid groups (broad SMARTS) is 1. The van der Waals surface area contributed by atoms with Crippen molar-refractivity contribution >= 4 is 22.6 Å². The minimum absolute atomic E-state index is 0.0170. The van der Waals surface area contributed by atoms with Crippen molar-refractivity contribution in [3.8, 4) is 0 Å². The number of anilines is 1.